The molecule has 1 amide bonds. The summed E-state index contributed by atoms with van der Waals surface area (Å²) in [7, 11) is -3.75. The number of benzene rings is 1. The lowest BCUT2D eigenvalue weighted by atomic mass is 9.98. The molecule has 1 aliphatic heterocycles. The Morgan fingerprint density at radius 1 is 1.25 bits per heavy atom. The van der Waals surface area contributed by atoms with Crippen LogP contribution in [0.3, 0.4) is 0 Å². The SMILES string of the molecule is C[C@@H](NS(N)(=O)=O)c1ccc(-c2ccnc3c2CC(=O)N3)cc1.Cl. The number of halogens is 1. The van der Waals surface area contributed by atoms with Crippen LogP contribution in [0.15, 0.2) is 36.5 Å². The maximum absolute atomic E-state index is 11.5. The Labute approximate surface area is 146 Å². The monoisotopic (exact) mass is 368 g/mol. The molecule has 24 heavy (non-hydrogen) atoms. The Morgan fingerprint density at radius 2 is 1.92 bits per heavy atom. The van der Waals surface area contributed by atoms with Gasteiger partial charge in [-0.05, 0) is 29.7 Å². The van der Waals surface area contributed by atoms with Gasteiger partial charge in [-0.2, -0.15) is 13.1 Å². The summed E-state index contributed by atoms with van der Waals surface area (Å²) in [6, 6.07) is 8.86. The quantitative estimate of drug-likeness (QED) is 0.758. The average molecular weight is 369 g/mol. The summed E-state index contributed by atoms with van der Waals surface area (Å²) < 4.78 is 24.5. The molecular weight excluding hydrogens is 352 g/mol. The minimum absolute atomic E-state index is 0. The van der Waals surface area contributed by atoms with Crippen molar-refractivity contribution >= 4 is 34.3 Å². The molecule has 1 aromatic heterocycles. The zero-order valence-corrected chi connectivity index (χ0v) is 14.4. The lowest BCUT2D eigenvalue weighted by Gasteiger charge is -2.13. The van der Waals surface area contributed by atoms with Gasteiger partial charge in [0.05, 0.1) is 6.42 Å². The number of nitrogens with zero attached hydrogens (tertiary/aromatic N) is 1. The van der Waals surface area contributed by atoms with E-state index in [9.17, 15) is 13.2 Å². The molecule has 0 saturated carbocycles. The first-order valence-corrected chi connectivity index (χ1v) is 8.56. The number of nitrogens with two attached hydrogens (primary N) is 1. The number of carbonyl (C=O) groups excluding carboxylic acids is 1. The molecule has 1 aromatic carbocycles. The highest BCUT2D eigenvalue weighted by atomic mass is 35.5. The van der Waals surface area contributed by atoms with Crippen molar-refractivity contribution in [3.63, 3.8) is 0 Å². The molecule has 0 unspecified atom stereocenters. The maximum atomic E-state index is 11.5. The summed E-state index contributed by atoms with van der Waals surface area (Å²) in [5.41, 5.74) is 3.54. The van der Waals surface area contributed by atoms with Gasteiger partial charge in [-0.3, -0.25) is 4.79 Å². The fraction of sp³-hybridized carbons (Fsp3) is 0.200. The van der Waals surface area contributed by atoms with E-state index in [0.29, 0.717) is 12.2 Å². The second kappa shape index (κ2) is 6.86. The Hall–Kier alpha value is -2.00. The van der Waals surface area contributed by atoms with Crippen molar-refractivity contribution in [3.05, 3.63) is 47.7 Å². The Balaban J connectivity index is 0.00000208. The van der Waals surface area contributed by atoms with Crippen LogP contribution in [-0.4, -0.2) is 19.3 Å². The van der Waals surface area contributed by atoms with E-state index >= 15 is 0 Å². The molecule has 4 N–H and O–H groups in total. The van der Waals surface area contributed by atoms with Crippen LogP contribution in [0.1, 0.15) is 24.1 Å². The minimum atomic E-state index is -3.75. The molecule has 0 saturated heterocycles. The fourth-order valence-corrected chi connectivity index (χ4v) is 3.28. The Kier molecular flexibility index (Phi) is 5.24. The molecule has 3 rings (SSSR count). The van der Waals surface area contributed by atoms with Crippen molar-refractivity contribution in [3.8, 4) is 11.1 Å². The van der Waals surface area contributed by atoms with Crippen molar-refractivity contribution in [2.24, 2.45) is 5.14 Å². The van der Waals surface area contributed by atoms with E-state index in [2.05, 4.69) is 15.0 Å². The fourth-order valence-electron chi connectivity index (χ4n) is 2.65. The second-order valence-electron chi connectivity index (χ2n) is 5.42. The van der Waals surface area contributed by atoms with Crippen LogP contribution in [0.25, 0.3) is 11.1 Å². The van der Waals surface area contributed by atoms with E-state index in [1.807, 2.05) is 30.3 Å². The predicted molar refractivity (Wildman–Crippen MR) is 93.9 cm³/mol. The normalized spacial score (nSPS) is 14.5. The van der Waals surface area contributed by atoms with E-state index < -0.39 is 16.3 Å². The first-order valence-electron chi connectivity index (χ1n) is 7.01. The molecule has 9 heteroatoms. The molecule has 0 spiro atoms. The summed E-state index contributed by atoms with van der Waals surface area (Å²) in [5.74, 6) is 0.531. The molecule has 128 valence electrons. The van der Waals surface area contributed by atoms with Gasteiger partial charge in [0, 0.05) is 17.8 Å². The van der Waals surface area contributed by atoms with E-state index in [1.54, 1.807) is 13.1 Å². The highest BCUT2D eigenvalue weighted by Crippen LogP contribution is 2.32. The van der Waals surface area contributed by atoms with Gasteiger partial charge in [0.15, 0.2) is 0 Å². The molecule has 0 aliphatic carbocycles. The standard InChI is InChI=1S/C15H16N4O3S.ClH/c1-9(19-23(16,21)22)10-2-4-11(5-3-10)12-6-7-17-15-13(12)8-14(20)18-15;/h2-7,9,19H,8H2,1H3,(H2,16,21,22)(H,17,18,20);1H/t9-;/m1./s1. The van der Waals surface area contributed by atoms with Crippen LogP contribution in [0.2, 0.25) is 0 Å². The van der Waals surface area contributed by atoms with Crippen LogP contribution >= 0.6 is 12.4 Å². The minimum Gasteiger partial charge on any atom is -0.310 e. The number of nitrogens with one attached hydrogen (secondary N) is 2. The number of amides is 1. The summed E-state index contributed by atoms with van der Waals surface area (Å²) in [6.45, 7) is 1.71. The van der Waals surface area contributed by atoms with Gasteiger partial charge in [-0.15, -0.1) is 12.4 Å². The second-order valence-corrected chi connectivity index (χ2v) is 6.74. The topological polar surface area (TPSA) is 114 Å². The van der Waals surface area contributed by atoms with Gasteiger partial charge in [0.25, 0.3) is 10.2 Å². The van der Waals surface area contributed by atoms with Gasteiger partial charge < -0.3 is 5.32 Å². The number of rotatable bonds is 4. The first-order chi connectivity index (χ1) is 10.8. The largest absolute Gasteiger partial charge is 0.310 e. The number of fused-ring (bicyclic) bond motifs is 1. The van der Waals surface area contributed by atoms with Crippen LogP contribution < -0.4 is 15.2 Å². The number of anilines is 1. The highest BCUT2D eigenvalue weighted by molar-refractivity contribution is 7.87. The average Bonchev–Trinajstić information content (AvgIpc) is 2.85. The third kappa shape index (κ3) is 3.90. The molecular formula is C15H17ClN4O3S. The highest BCUT2D eigenvalue weighted by Gasteiger charge is 2.22. The first kappa shape index (κ1) is 18.3. The third-order valence-electron chi connectivity index (χ3n) is 3.71. The number of aromatic nitrogens is 1. The predicted octanol–water partition coefficient (Wildman–Crippen LogP) is 1.52. The van der Waals surface area contributed by atoms with Gasteiger partial charge in [-0.25, -0.2) is 10.1 Å². The van der Waals surface area contributed by atoms with Gasteiger partial charge in [0.1, 0.15) is 5.82 Å². The lowest BCUT2D eigenvalue weighted by Crippen LogP contribution is -2.32. The third-order valence-corrected chi connectivity index (χ3v) is 4.40. The molecule has 1 aliphatic rings. The molecule has 0 fully saturated rings. The number of hydrogen-bond donors (Lipinski definition) is 3. The van der Waals surface area contributed by atoms with E-state index in [-0.39, 0.29) is 18.3 Å². The molecule has 0 bridgehead atoms. The van der Waals surface area contributed by atoms with Crippen molar-refractivity contribution in [1.29, 1.82) is 0 Å². The Morgan fingerprint density at radius 3 is 2.54 bits per heavy atom. The number of carbonyl (C=O) groups is 1. The summed E-state index contributed by atoms with van der Waals surface area (Å²) >= 11 is 0. The van der Waals surface area contributed by atoms with Crippen molar-refractivity contribution in [2.75, 3.05) is 5.32 Å². The van der Waals surface area contributed by atoms with E-state index in [4.69, 9.17) is 5.14 Å². The smallest absolute Gasteiger partial charge is 0.274 e. The molecule has 7 nitrogen and oxygen atoms in total. The van der Waals surface area contributed by atoms with E-state index in [0.717, 1.165) is 22.3 Å². The molecule has 2 aromatic rings. The summed E-state index contributed by atoms with van der Waals surface area (Å²) in [5, 5.41) is 7.71. The molecule has 0 radical (unpaired) electrons. The molecule has 1 atom stereocenters. The zero-order chi connectivity index (χ0) is 16.6. The maximum Gasteiger partial charge on any atom is 0.274 e. The summed E-state index contributed by atoms with van der Waals surface area (Å²) in [4.78, 5) is 15.7. The van der Waals surface area contributed by atoms with Gasteiger partial charge in [0.2, 0.25) is 5.91 Å². The number of pyridine rings is 1. The van der Waals surface area contributed by atoms with Crippen LogP contribution in [-0.2, 0) is 21.4 Å². The zero-order valence-electron chi connectivity index (χ0n) is 12.8. The summed E-state index contributed by atoms with van der Waals surface area (Å²) in [6.07, 6.45) is 1.96. The van der Waals surface area contributed by atoms with Gasteiger partial charge in [-0.1, -0.05) is 24.3 Å². The number of hydrogen-bond acceptors (Lipinski definition) is 4. The van der Waals surface area contributed by atoms with E-state index in [1.165, 1.54) is 0 Å². The van der Waals surface area contributed by atoms with Crippen LogP contribution in [0.5, 0.6) is 0 Å². The van der Waals surface area contributed by atoms with Crippen molar-refractivity contribution in [2.45, 2.75) is 19.4 Å². The lowest BCUT2D eigenvalue weighted by molar-refractivity contribution is -0.115. The Bertz CT molecular complexity index is 869. The van der Waals surface area contributed by atoms with Gasteiger partial charge >= 0.3 is 0 Å². The van der Waals surface area contributed by atoms with Crippen LogP contribution in [0.4, 0.5) is 5.82 Å². The van der Waals surface area contributed by atoms with Crippen LogP contribution in [0, 0.1) is 0 Å². The molecule has 2 heterocycles. The van der Waals surface area contributed by atoms with Crippen molar-refractivity contribution < 1.29 is 13.2 Å². The van der Waals surface area contributed by atoms with Crippen molar-refractivity contribution in [1.82, 2.24) is 9.71 Å².